The lowest BCUT2D eigenvalue weighted by molar-refractivity contribution is -0.116. The molecule has 0 saturated carbocycles. The molecule has 0 spiro atoms. The fourth-order valence-electron chi connectivity index (χ4n) is 3.74. The van der Waals surface area contributed by atoms with Crippen molar-refractivity contribution in [2.24, 2.45) is 7.05 Å². The summed E-state index contributed by atoms with van der Waals surface area (Å²) in [6, 6.07) is 13.9. The van der Waals surface area contributed by atoms with Gasteiger partial charge in [0, 0.05) is 42.0 Å². The number of benzene rings is 2. The number of anilines is 1. The van der Waals surface area contributed by atoms with Crippen LogP contribution in [0.5, 0.6) is 5.75 Å². The van der Waals surface area contributed by atoms with E-state index in [4.69, 9.17) is 4.74 Å². The molecule has 2 heterocycles. The van der Waals surface area contributed by atoms with E-state index in [1.165, 1.54) is 10.6 Å². The molecule has 170 valence electrons. The summed E-state index contributed by atoms with van der Waals surface area (Å²) in [6.07, 6.45) is 0.329. The number of aromatic nitrogens is 3. The maximum absolute atomic E-state index is 13.7. The molecule has 0 bridgehead atoms. The summed E-state index contributed by atoms with van der Waals surface area (Å²) in [4.78, 5) is 25.6. The molecule has 1 amide bonds. The van der Waals surface area contributed by atoms with Crippen molar-refractivity contribution in [3.05, 3.63) is 81.5 Å². The number of carbonyl (C=O) groups is 1. The van der Waals surface area contributed by atoms with E-state index in [0.29, 0.717) is 28.2 Å². The number of carbonyl (C=O) groups excluding carboxylic acids is 1. The fourth-order valence-corrected chi connectivity index (χ4v) is 3.74. The van der Waals surface area contributed by atoms with Gasteiger partial charge in [0.25, 0.3) is 5.56 Å². The summed E-state index contributed by atoms with van der Waals surface area (Å²) >= 11 is 0. The van der Waals surface area contributed by atoms with Gasteiger partial charge in [0.1, 0.15) is 17.2 Å². The zero-order valence-corrected chi connectivity index (χ0v) is 19.0. The van der Waals surface area contributed by atoms with Crippen LogP contribution >= 0.6 is 0 Å². The second-order valence-electron chi connectivity index (χ2n) is 7.97. The first-order valence-electron chi connectivity index (χ1n) is 10.6. The minimum absolute atomic E-state index is 0.0870. The second-order valence-corrected chi connectivity index (χ2v) is 7.97. The molecule has 8 heteroatoms. The summed E-state index contributed by atoms with van der Waals surface area (Å²) in [5.41, 5.74) is 4.11. The van der Waals surface area contributed by atoms with Crippen molar-refractivity contribution in [2.45, 2.75) is 26.7 Å². The van der Waals surface area contributed by atoms with Gasteiger partial charge >= 0.3 is 0 Å². The minimum Gasteiger partial charge on any atom is -0.497 e. The fraction of sp³-hybridized carbons (Fsp3) is 0.240. The molecule has 7 nitrogen and oxygen atoms in total. The van der Waals surface area contributed by atoms with E-state index < -0.39 is 0 Å². The van der Waals surface area contributed by atoms with E-state index in [1.807, 2.05) is 48.9 Å². The predicted molar refractivity (Wildman–Crippen MR) is 125 cm³/mol. The normalized spacial score (nSPS) is 11.1. The van der Waals surface area contributed by atoms with Crippen molar-refractivity contribution in [2.75, 3.05) is 12.4 Å². The summed E-state index contributed by atoms with van der Waals surface area (Å²) in [5, 5.41) is 7.20. The Hall–Kier alpha value is -3.94. The van der Waals surface area contributed by atoms with Crippen LogP contribution in [0.25, 0.3) is 16.9 Å². The highest BCUT2D eigenvalue weighted by atomic mass is 19.1. The molecule has 0 fully saturated rings. The van der Waals surface area contributed by atoms with Crippen molar-refractivity contribution in [3.63, 3.8) is 0 Å². The van der Waals surface area contributed by atoms with Crippen LogP contribution in [0, 0.1) is 19.7 Å². The van der Waals surface area contributed by atoms with Crippen LogP contribution in [0.3, 0.4) is 0 Å². The topological polar surface area (TPSA) is 77.6 Å². The molecule has 4 rings (SSSR count). The number of nitrogens with one attached hydrogen (secondary N) is 1. The van der Waals surface area contributed by atoms with Crippen LogP contribution in [0.1, 0.15) is 23.2 Å². The Morgan fingerprint density at radius 1 is 1.12 bits per heavy atom. The first-order chi connectivity index (χ1) is 15.8. The first-order valence-corrected chi connectivity index (χ1v) is 10.6. The van der Waals surface area contributed by atoms with Gasteiger partial charge in [-0.1, -0.05) is 6.07 Å². The molecule has 2 aromatic heterocycles. The Balaban J connectivity index is 1.59. The van der Waals surface area contributed by atoms with Crippen molar-refractivity contribution in [3.8, 4) is 17.0 Å². The van der Waals surface area contributed by atoms with E-state index >= 15 is 0 Å². The Morgan fingerprint density at radius 2 is 1.85 bits per heavy atom. The van der Waals surface area contributed by atoms with Crippen LogP contribution < -0.4 is 15.6 Å². The number of methoxy groups -OCH3 is 1. The highest BCUT2D eigenvalue weighted by molar-refractivity contribution is 5.90. The Labute approximate surface area is 190 Å². The summed E-state index contributed by atoms with van der Waals surface area (Å²) in [5.74, 6) is 0.0656. The number of rotatable bonds is 6. The monoisotopic (exact) mass is 448 g/mol. The van der Waals surface area contributed by atoms with Gasteiger partial charge in [-0.05, 0) is 62.2 Å². The highest BCUT2D eigenvalue weighted by Crippen LogP contribution is 2.23. The number of aryl methyl sites for hydroxylation is 2. The molecule has 1 N–H and O–H groups in total. The van der Waals surface area contributed by atoms with E-state index in [0.717, 1.165) is 17.0 Å². The third-order valence-corrected chi connectivity index (χ3v) is 5.87. The van der Waals surface area contributed by atoms with Gasteiger partial charge in [-0.25, -0.2) is 4.39 Å². The van der Waals surface area contributed by atoms with E-state index in [9.17, 15) is 14.0 Å². The van der Waals surface area contributed by atoms with Crippen molar-refractivity contribution < 1.29 is 13.9 Å². The van der Waals surface area contributed by atoms with Crippen LogP contribution in [-0.4, -0.2) is 27.2 Å². The molecule has 2 aromatic carbocycles. The maximum atomic E-state index is 13.7. The summed E-state index contributed by atoms with van der Waals surface area (Å²) in [6.45, 7) is 3.51. The molecule has 0 atom stereocenters. The van der Waals surface area contributed by atoms with Crippen molar-refractivity contribution in [1.29, 1.82) is 0 Å². The zero-order valence-electron chi connectivity index (χ0n) is 19.0. The zero-order chi connectivity index (χ0) is 23.7. The summed E-state index contributed by atoms with van der Waals surface area (Å²) < 4.78 is 22.2. The van der Waals surface area contributed by atoms with Gasteiger partial charge in [-0.15, -0.1) is 0 Å². The Bertz CT molecular complexity index is 1400. The standard InChI is InChI=1S/C25H25FN4O3/c1-15-5-8-18(13-21(15)26)27-23(31)12-11-20-16(2)29(3)24-14-22(28-30(24)25(20)32)17-6-9-19(33-4)10-7-17/h5-10,13-14H,11-12H2,1-4H3,(H,27,31). The molecule has 0 aliphatic rings. The van der Waals surface area contributed by atoms with Crippen LogP contribution in [0.4, 0.5) is 10.1 Å². The maximum Gasteiger partial charge on any atom is 0.277 e. The predicted octanol–water partition coefficient (Wildman–Crippen LogP) is 4.04. The third-order valence-electron chi connectivity index (χ3n) is 5.87. The molecule has 0 radical (unpaired) electrons. The van der Waals surface area contributed by atoms with E-state index in [2.05, 4.69) is 10.4 Å². The molecule has 33 heavy (non-hydrogen) atoms. The minimum atomic E-state index is -0.380. The molecule has 0 aliphatic heterocycles. The van der Waals surface area contributed by atoms with Crippen LogP contribution in [0.2, 0.25) is 0 Å². The van der Waals surface area contributed by atoms with Crippen molar-refractivity contribution in [1.82, 2.24) is 14.2 Å². The number of hydrogen-bond donors (Lipinski definition) is 1. The number of ether oxygens (including phenoxy) is 1. The molecule has 0 saturated heterocycles. The van der Waals surface area contributed by atoms with Crippen LogP contribution in [-0.2, 0) is 18.3 Å². The second kappa shape index (κ2) is 8.90. The smallest absolute Gasteiger partial charge is 0.277 e. The number of amides is 1. The molecule has 4 aromatic rings. The largest absolute Gasteiger partial charge is 0.497 e. The van der Waals surface area contributed by atoms with Gasteiger partial charge < -0.3 is 14.6 Å². The number of hydrogen-bond acceptors (Lipinski definition) is 4. The van der Waals surface area contributed by atoms with Gasteiger partial charge in [0.15, 0.2) is 0 Å². The Kier molecular flexibility index (Phi) is 6.00. The van der Waals surface area contributed by atoms with Gasteiger partial charge in [0.2, 0.25) is 5.91 Å². The lowest BCUT2D eigenvalue weighted by Gasteiger charge is -2.12. The highest BCUT2D eigenvalue weighted by Gasteiger charge is 2.17. The lowest BCUT2D eigenvalue weighted by Crippen LogP contribution is -2.26. The number of halogens is 1. The van der Waals surface area contributed by atoms with E-state index in [-0.39, 0.29) is 30.1 Å². The number of nitrogens with zero attached hydrogens (tertiary/aromatic N) is 3. The molecular weight excluding hydrogens is 423 g/mol. The molecule has 0 aliphatic carbocycles. The Morgan fingerprint density at radius 3 is 2.52 bits per heavy atom. The van der Waals surface area contributed by atoms with Gasteiger partial charge in [-0.3, -0.25) is 9.59 Å². The average Bonchev–Trinajstić information content (AvgIpc) is 3.26. The van der Waals surface area contributed by atoms with Gasteiger partial charge in [-0.2, -0.15) is 9.61 Å². The van der Waals surface area contributed by atoms with E-state index in [1.54, 1.807) is 26.2 Å². The summed E-state index contributed by atoms with van der Waals surface area (Å²) in [7, 11) is 3.47. The number of fused-ring (bicyclic) bond motifs is 1. The average molecular weight is 448 g/mol. The lowest BCUT2D eigenvalue weighted by atomic mass is 10.1. The first kappa shape index (κ1) is 22.3. The van der Waals surface area contributed by atoms with Crippen LogP contribution in [0.15, 0.2) is 53.3 Å². The SMILES string of the molecule is COc1ccc(-c2cc3n(C)c(C)c(CCC(=O)Nc4ccc(C)c(F)c4)c(=O)n3n2)cc1. The quantitative estimate of drug-likeness (QED) is 0.483. The molecule has 0 unspecified atom stereocenters. The molecular formula is C25H25FN4O3. The third kappa shape index (κ3) is 4.37. The van der Waals surface area contributed by atoms with Gasteiger partial charge in [0.05, 0.1) is 12.8 Å². The van der Waals surface area contributed by atoms with Crippen molar-refractivity contribution >= 4 is 17.2 Å².